The molecule has 1 aromatic carbocycles. The maximum Gasteiger partial charge on any atom is 0.406 e. The molecule has 0 bridgehead atoms. The molecule has 0 saturated heterocycles. The maximum atomic E-state index is 14.7. The number of halogens is 7. The van der Waals surface area contributed by atoms with Gasteiger partial charge in [-0.1, -0.05) is 32.6 Å². The Labute approximate surface area is 172 Å². The van der Waals surface area contributed by atoms with E-state index in [1.54, 1.807) is 0 Å². The molecule has 1 nitrogen and oxygen atoms in total. The van der Waals surface area contributed by atoms with Crippen LogP contribution in [0.4, 0.5) is 30.7 Å². The fraction of sp³-hybridized carbons (Fsp3) is 0.727. The molecule has 0 aliphatic heterocycles. The van der Waals surface area contributed by atoms with E-state index in [0.717, 1.165) is 38.5 Å². The van der Waals surface area contributed by atoms with Gasteiger partial charge in [0.2, 0.25) is 0 Å². The molecule has 0 spiro atoms. The van der Waals surface area contributed by atoms with Crippen molar-refractivity contribution in [1.29, 1.82) is 0 Å². The van der Waals surface area contributed by atoms with Crippen LogP contribution in [0.1, 0.15) is 58.3 Å². The Morgan fingerprint density at radius 3 is 1.93 bits per heavy atom. The van der Waals surface area contributed by atoms with Crippen LogP contribution < -0.4 is 4.74 Å². The molecule has 2 aliphatic rings. The van der Waals surface area contributed by atoms with Gasteiger partial charge < -0.3 is 4.74 Å². The zero-order chi connectivity index (χ0) is 22.1. The summed E-state index contributed by atoms with van der Waals surface area (Å²) in [5, 5.41) is 0. The standard InChI is InChI=1S/C22H27F7O/c1-2-3-12-4-6-13(7-5-12)14-8-16(23)20(17(24)9-14)22(28,29)30-15-10-18(25)21(27)19(26)11-15/h10-14,16-17,20H,2-9H2,1H3. The topological polar surface area (TPSA) is 9.23 Å². The quantitative estimate of drug-likeness (QED) is 0.331. The normalized spacial score (nSPS) is 32.8. The van der Waals surface area contributed by atoms with Crippen molar-refractivity contribution in [3.8, 4) is 5.75 Å². The monoisotopic (exact) mass is 440 g/mol. The Morgan fingerprint density at radius 2 is 1.43 bits per heavy atom. The van der Waals surface area contributed by atoms with Crippen LogP contribution in [0.3, 0.4) is 0 Å². The molecule has 0 radical (unpaired) electrons. The first-order valence-corrected chi connectivity index (χ1v) is 10.6. The second kappa shape index (κ2) is 9.35. The van der Waals surface area contributed by atoms with Crippen molar-refractivity contribution in [2.24, 2.45) is 23.7 Å². The smallest absolute Gasteiger partial charge is 0.406 e. The third-order valence-corrected chi connectivity index (χ3v) is 6.69. The summed E-state index contributed by atoms with van der Waals surface area (Å²) in [4.78, 5) is 0. The average Bonchev–Trinajstić information content (AvgIpc) is 2.65. The van der Waals surface area contributed by atoms with Crippen molar-refractivity contribution in [1.82, 2.24) is 0 Å². The van der Waals surface area contributed by atoms with Crippen LogP contribution in [-0.2, 0) is 0 Å². The highest BCUT2D eigenvalue weighted by Gasteiger charge is 2.56. The summed E-state index contributed by atoms with van der Waals surface area (Å²) in [5.41, 5.74) is 0. The van der Waals surface area contributed by atoms with Gasteiger partial charge in [-0.3, -0.25) is 0 Å². The van der Waals surface area contributed by atoms with Crippen LogP contribution in [-0.4, -0.2) is 18.5 Å². The number of hydrogen-bond donors (Lipinski definition) is 0. The van der Waals surface area contributed by atoms with E-state index in [2.05, 4.69) is 11.7 Å². The lowest BCUT2D eigenvalue weighted by molar-refractivity contribution is -0.253. The van der Waals surface area contributed by atoms with E-state index in [1.807, 2.05) is 0 Å². The highest BCUT2D eigenvalue weighted by atomic mass is 19.3. The molecule has 1 aromatic rings. The third-order valence-electron chi connectivity index (χ3n) is 6.69. The molecule has 0 aromatic heterocycles. The number of alkyl halides is 4. The van der Waals surface area contributed by atoms with Crippen molar-refractivity contribution in [3.63, 3.8) is 0 Å². The Morgan fingerprint density at radius 1 is 0.900 bits per heavy atom. The Kier molecular flexibility index (Phi) is 7.23. The van der Waals surface area contributed by atoms with Crippen molar-refractivity contribution in [3.05, 3.63) is 29.6 Å². The van der Waals surface area contributed by atoms with Crippen LogP contribution >= 0.6 is 0 Å². The molecule has 0 N–H and O–H groups in total. The summed E-state index contributed by atoms with van der Waals surface area (Å²) < 4.78 is 102. The van der Waals surface area contributed by atoms with Crippen LogP contribution in [0.2, 0.25) is 0 Å². The van der Waals surface area contributed by atoms with Crippen LogP contribution in [0.25, 0.3) is 0 Å². The van der Waals surface area contributed by atoms with E-state index in [1.165, 1.54) is 0 Å². The highest BCUT2D eigenvalue weighted by molar-refractivity contribution is 5.25. The van der Waals surface area contributed by atoms with E-state index >= 15 is 0 Å². The lowest BCUT2D eigenvalue weighted by Gasteiger charge is -2.42. The van der Waals surface area contributed by atoms with E-state index < -0.39 is 47.6 Å². The molecule has 2 fully saturated rings. The minimum atomic E-state index is -4.33. The van der Waals surface area contributed by atoms with Crippen molar-refractivity contribution in [2.45, 2.75) is 76.7 Å². The molecular formula is C22H27F7O. The maximum absolute atomic E-state index is 14.7. The molecular weight excluding hydrogens is 413 g/mol. The molecule has 2 aliphatic carbocycles. The number of hydrogen-bond acceptors (Lipinski definition) is 1. The number of benzene rings is 1. The SMILES string of the molecule is CCCC1CCC(C2CC(F)C(C(F)(F)Oc3cc(F)c(F)c(F)c3)C(F)C2)CC1. The van der Waals surface area contributed by atoms with Crippen molar-refractivity contribution < 1.29 is 35.5 Å². The van der Waals surface area contributed by atoms with Gasteiger partial charge >= 0.3 is 6.11 Å². The molecule has 2 saturated carbocycles. The summed E-state index contributed by atoms with van der Waals surface area (Å²) in [7, 11) is 0. The number of ether oxygens (including phenoxy) is 1. The van der Waals surface area contributed by atoms with Crippen LogP contribution in [0.5, 0.6) is 5.75 Å². The van der Waals surface area contributed by atoms with Crippen molar-refractivity contribution in [2.75, 3.05) is 0 Å². The molecule has 3 rings (SSSR count). The summed E-state index contributed by atoms with van der Waals surface area (Å²) in [6, 6.07) is 0.459. The van der Waals surface area contributed by atoms with E-state index in [0.29, 0.717) is 5.92 Å². The molecule has 8 heteroatoms. The first-order valence-electron chi connectivity index (χ1n) is 10.6. The lowest BCUT2D eigenvalue weighted by Crippen LogP contribution is -2.50. The van der Waals surface area contributed by atoms with E-state index in [-0.39, 0.29) is 36.8 Å². The molecule has 2 atom stereocenters. The summed E-state index contributed by atoms with van der Waals surface area (Å²) in [6.45, 7) is 2.12. The molecule has 0 amide bonds. The summed E-state index contributed by atoms with van der Waals surface area (Å²) in [6.07, 6.45) is -3.13. The predicted molar refractivity (Wildman–Crippen MR) is 98.3 cm³/mol. The fourth-order valence-corrected chi connectivity index (χ4v) is 5.17. The zero-order valence-corrected chi connectivity index (χ0v) is 16.8. The minimum absolute atomic E-state index is 0.116. The first kappa shape index (κ1) is 23.2. The summed E-state index contributed by atoms with van der Waals surface area (Å²) in [5.74, 6) is -8.27. The molecule has 30 heavy (non-hydrogen) atoms. The van der Waals surface area contributed by atoms with Gasteiger partial charge in [-0.05, 0) is 43.4 Å². The summed E-state index contributed by atoms with van der Waals surface area (Å²) >= 11 is 0. The van der Waals surface area contributed by atoms with E-state index in [9.17, 15) is 30.7 Å². The van der Waals surface area contributed by atoms with Crippen LogP contribution in [0, 0.1) is 41.1 Å². The van der Waals surface area contributed by atoms with Gasteiger partial charge in [0.25, 0.3) is 0 Å². The van der Waals surface area contributed by atoms with Gasteiger partial charge in [-0.25, -0.2) is 22.0 Å². The highest BCUT2D eigenvalue weighted by Crippen LogP contribution is 2.48. The van der Waals surface area contributed by atoms with E-state index in [4.69, 9.17) is 0 Å². The molecule has 2 unspecified atom stereocenters. The molecule has 0 heterocycles. The van der Waals surface area contributed by atoms with Gasteiger partial charge in [0, 0.05) is 12.1 Å². The van der Waals surface area contributed by atoms with Gasteiger partial charge in [0.1, 0.15) is 24.0 Å². The predicted octanol–water partition coefficient (Wildman–Crippen LogP) is 7.38. The Balaban J connectivity index is 1.65. The molecule has 170 valence electrons. The second-order valence-corrected chi connectivity index (χ2v) is 8.72. The van der Waals surface area contributed by atoms with Crippen molar-refractivity contribution >= 4 is 0 Å². The fourth-order valence-electron chi connectivity index (χ4n) is 5.17. The zero-order valence-electron chi connectivity index (χ0n) is 16.8. The Bertz CT molecular complexity index is 682. The van der Waals surface area contributed by atoms with Gasteiger partial charge in [0.05, 0.1) is 0 Å². The lowest BCUT2D eigenvalue weighted by atomic mass is 9.67. The largest absolute Gasteiger partial charge is 0.432 e. The third kappa shape index (κ3) is 5.05. The number of rotatable bonds is 6. The van der Waals surface area contributed by atoms with Gasteiger partial charge in [-0.2, -0.15) is 8.78 Å². The van der Waals surface area contributed by atoms with Gasteiger partial charge in [-0.15, -0.1) is 0 Å². The minimum Gasteiger partial charge on any atom is -0.432 e. The first-order chi connectivity index (χ1) is 14.1. The second-order valence-electron chi connectivity index (χ2n) is 8.72. The van der Waals surface area contributed by atoms with Crippen LogP contribution in [0.15, 0.2) is 12.1 Å². The van der Waals surface area contributed by atoms with Gasteiger partial charge in [0.15, 0.2) is 17.5 Å². The average molecular weight is 440 g/mol. The Hall–Kier alpha value is -1.47.